The van der Waals surface area contributed by atoms with Crippen molar-refractivity contribution in [1.29, 1.82) is 0 Å². The average molecular weight is 381 g/mol. The number of morpholine rings is 1. The first-order chi connectivity index (χ1) is 12.0. The quantitative estimate of drug-likeness (QED) is 0.855. The molecule has 1 saturated heterocycles. The van der Waals surface area contributed by atoms with Gasteiger partial charge in [-0.1, -0.05) is 13.0 Å². The van der Waals surface area contributed by atoms with Gasteiger partial charge < -0.3 is 4.74 Å². The molecule has 2 aromatic rings. The molecule has 3 rings (SSSR count). The molecule has 134 valence electrons. The number of nitrogens with zero attached hydrogens (tertiary/aromatic N) is 2. The summed E-state index contributed by atoms with van der Waals surface area (Å²) >= 11 is 1.30. The number of aromatic nitrogens is 1. The summed E-state index contributed by atoms with van der Waals surface area (Å²) in [6, 6.07) is 4.79. The number of carbonyl (C=O) groups is 1. The van der Waals surface area contributed by atoms with E-state index in [9.17, 15) is 13.2 Å². The van der Waals surface area contributed by atoms with E-state index >= 15 is 0 Å². The highest BCUT2D eigenvalue weighted by atomic mass is 32.2. The summed E-state index contributed by atoms with van der Waals surface area (Å²) in [7, 11) is -3.66. The fourth-order valence-corrected chi connectivity index (χ4v) is 4.86. The summed E-state index contributed by atoms with van der Waals surface area (Å²) in [6.45, 7) is 3.29. The number of hydrogen-bond donors (Lipinski definition) is 1. The molecule has 25 heavy (non-hydrogen) atoms. The molecule has 7 nitrogen and oxygen atoms in total. The van der Waals surface area contributed by atoms with Crippen LogP contribution in [0.5, 0.6) is 0 Å². The van der Waals surface area contributed by atoms with Crippen molar-refractivity contribution in [3.8, 4) is 0 Å². The lowest BCUT2D eigenvalue weighted by atomic mass is 10.1. The molecule has 1 N–H and O–H groups in total. The van der Waals surface area contributed by atoms with Crippen LogP contribution in [0.25, 0.3) is 0 Å². The van der Waals surface area contributed by atoms with Gasteiger partial charge in [-0.3, -0.25) is 10.1 Å². The standard InChI is InChI=1S/C16H19N3O4S2/c1-2-12-3-4-13(15(20)18-16-17-5-10-24-16)11-14(12)25(21,22)19-6-8-23-9-7-19/h3-5,10-11H,2,6-9H2,1H3,(H,17,18,20). The molecule has 1 aliphatic rings. The number of amides is 1. The van der Waals surface area contributed by atoms with Gasteiger partial charge in [-0.25, -0.2) is 13.4 Å². The molecule has 1 aromatic carbocycles. The molecule has 1 aliphatic heterocycles. The van der Waals surface area contributed by atoms with Gasteiger partial charge in [0.2, 0.25) is 10.0 Å². The Kier molecular flexibility index (Phi) is 5.48. The van der Waals surface area contributed by atoms with Crippen molar-refractivity contribution in [3.63, 3.8) is 0 Å². The predicted molar refractivity (Wildman–Crippen MR) is 95.5 cm³/mol. The fourth-order valence-electron chi connectivity index (χ4n) is 2.61. The molecule has 0 radical (unpaired) electrons. The highest BCUT2D eigenvalue weighted by Gasteiger charge is 2.29. The zero-order valence-corrected chi connectivity index (χ0v) is 15.4. The molecule has 0 aliphatic carbocycles. The minimum Gasteiger partial charge on any atom is -0.379 e. The van der Waals surface area contributed by atoms with Gasteiger partial charge in [0.05, 0.1) is 18.1 Å². The van der Waals surface area contributed by atoms with Gasteiger partial charge >= 0.3 is 0 Å². The maximum atomic E-state index is 13.0. The van der Waals surface area contributed by atoms with Crippen LogP contribution >= 0.6 is 11.3 Å². The maximum Gasteiger partial charge on any atom is 0.257 e. The molecule has 2 heterocycles. The van der Waals surface area contributed by atoms with Crippen LogP contribution < -0.4 is 5.32 Å². The van der Waals surface area contributed by atoms with E-state index in [4.69, 9.17) is 4.74 Å². The van der Waals surface area contributed by atoms with Crippen molar-refractivity contribution in [3.05, 3.63) is 40.9 Å². The van der Waals surface area contributed by atoms with Crippen LogP contribution in [0.2, 0.25) is 0 Å². The van der Waals surface area contributed by atoms with Crippen molar-refractivity contribution in [2.45, 2.75) is 18.2 Å². The van der Waals surface area contributed by atoms with Crippen LogP contribution in [-0.4, -0.2) is 49.9 Å². The molecular weight excluding hydrogens is 362 g/mol. The molecule has 0 spiro atoms. The molecule has 1 fully saturated rings. The molecule has 9 heteroatoms. The molecule has 1 amide bonds. The topological polar surface area (TPSA) is 88.6 Å². The number of carbonyl (C=O) groups excluding carboxylic acids is 1. The van der Waals surface area contributed by atoms with Crippen molar-refractivity contribution < 1.29 is 17.9 Å². The number of thiazole rings is 1. The van der Waals surface area contributed by atoms with Gasteiger partial charge in [-0.2, -0.15) is 4.31 Å². The number of hydrogen-bond acceptors (Lipinski definition) is 6. The average Bonchev–Trinajstić information content (AvgIpc) is 3.15. The first-order valence-electron chi connectivity index (χ1n) is 7.94. The molecule has 0 atom stereocenters. The summed E-state index contributed by atoms with van der Waals surface area (Å²) in [5, 5.41) is 4.90. The van der Waals surface area contributed by atoms with E-state index in [1.807, 2.05) is 6.92 Å². The number of anilines is 1. The lowest BCUT2D eigenvalue weighted by Gasteiger charge is -2.27. The first kappa shape index (κ1) is 18.0. The van der Waals surface area contributed by atoms with E-state index in [2.05, 4.69) is 10.3 Å². The van der Waals surface area contributed by atoms with Crippen molar-refractivity contribution in [1.82, 2.24) is 9.29 Å². The third-order valence-corrected chi connectivity index (χ3v) is 6.62. The number of benzene rings is 1. The molecule has 0 unspecified atom stereocenters. The lowest BCUT2D eigenvalue weighted by Crippen LogP contribution is -2.41. The highest BCUT2D eigenvalue weighted by Crippen LogP contribution is 2.24. The smallest absolute Gasteiger partial charge is 0.257 e. The van der Waals surface area contributed by atoms with Crippen LogP contribution in [0, 0.1) is 0 Å². The first-order valence-corrected chi connectivity index (χ1v) is 10.3. The number of ether oxygens (including phenoxy) is 1. The Morgan fingerprint density at radius 3 is 2.76 bits per heavy atom. The van der Waals surface area contributed by atoms with Gasteiger partial charge in [0.15, 0.2) is 5.13 Å². The molecule has 0 bridgehead atoms. The number of rotatable bonds is 5. The van der Waals surface area contributed by atoms with E-state index in [-0.39, 0.29) is 10.8 Å². The van der Waals surface area contributed by atoms with E-state index in [1.54, 1.807) is 23.7 Å². The summed E-state index contributed by atoms with van der Waals surface area (Å²) in [5.41, 5.74) is 0.983. The second kappa shape index (κ2) is 7.61. The number of nitrogens with one attached hydrogen (secondary N) is 1. The summed E-state index contributed by atoms with van der Waals surface area (Å²) in [6.07, 6.45) is 2.15. The predicted octanol–water partition coefficient (Wildman–Crippen LogP) is 1.98. The van der Waals surface area contributed by atoms with Crippen LogP contribution in [0.3, 0.4) is 0 Å². The normalized spacial score (nSPS) is 15.9. The minimum atomic E-state index is -3.66. The van der Waals surface area contributed by atoms with Crippen LogP contribution in [-0.2, 0) is 21.2 Å². The third kappa shape index (κ3) is 3.90. The van der Waals surface area contributed by atoms with Crippen molar-refractivity contribution in [2.24, 2.45) is 0 Å². The minimum absolute atomic E-state index is 0.184. The SMILES string of the molecule is CCc1ccc(C(=O)Nc2nccs2)cc1S(=O)(=O)N1CCOCC1. The Labute approximate surface area is 150 Å². The Bertz CT molecular complexity index is 844. The Morgan fingerprint density at radius 1 is 1.36 bits per heavy atom. The van der Waals surface area contributed by atoms with Crippen LogP contribution in [0.15, 0.2) is 34.7 Å². The molecule has 1 aromatic heterocycles. The van der Waals surface area contributed by atoms with Gasteiger partial charge in [0, 0.05) is 30.2 Å². The third-order valence-electron chi connectivity index (χ3n) is 3.95. The van der Waals surface area contributed by atoms with Crippen molar-refractivity contribution in [2.75, 3.05) is 31.6 Å². The Morgan fingerprint density at radius 2 is 2.12 bits per heavy atom. The lowest BCUT2D eigenvalue weighted by molar-refractivity contribution is 0.0730. The number of aryl methyl sites for hydroxylation is 1. The zero-order chi connectivity index (χ0) is 17.9. The zero-order valence-electron chi connectivity index (χ0n) is 13.8. The molecular formula is C16H19N3O4S2. The van der Waals surface area contributed by atoms with E-state index < -0.39 is 10.0 Å². The van der Waals surface area contributed by atoms with Gasteiger partial charge in [0.25, 0.3) is 5.91 Å². The second-order valence-corrected chi connectivity index (χ2v) is 8.28. The van der Waals surface area contributed by atoms with E-state index in [1.165, 1.54) is 21.7 Å². The molecule has 0 saturated carbocycles. The van der Waals surface area contributed by atoms with E-state index in [0.717, 1.165) is 0 Å². The van der Waals surface area contributed by atoms with Crippen LogP contribution in [0.4, 0.5) is 5.13 Å². The largest absolute Gasteiger partial charge is 0.379 e. The summed E-state index contributed by atoms with van der Waals surface area (Å²) in [5.74, 6) is -0.379. The van der Waals surface area contributed by atoms with E-state index in [0.29, 0.717) is 49.0 Å². The monoisotopic (exact) mass is 381 g/mol. The second-order valence-electron chi connectivity index (χ2n) is 5.48. The van der Waals surface area contributed by atoms with Gasteiger partial charge in [-0.05, 0) is 24.1 Å². The maximum absolute atomic E-state index is 13.0. The highest BCUT2D eigenvalue weighted by molar-refractivity contribution is 7.89. The fraction of sp³-hybridized carbons (Fsp3) is 0.375. The number of sulfonamides is 1. The van der Waals surface area contributed by atoms with Crippen molar-refractivity contribution >= 4 is 32.4 Å². The summed E-state index contributed by atoms with van der Waals surface area (Å²) < 4.78 is 32.6. The Balaban J connectivity index is 1.93. The summed E-state index contributed by atoms with van der Waals surface area (Å²) in [4.78, 5) is 16.6. The van der Waals surface area contributed by atoms with Gasteiger partial charge in [0.1, 0.15) is 0 Å². The Hall–Kier alpha value is -1.81. The van der Waals surface area contributed by atoms with Crippen LogP contribution in [0.1, 0.15) is 22.8 Å². The van der Waals surface area contributed by atoms with Gasteiger partial charge in [-0.15, -0.1) is 11.3 Å².